The van der Waals surface area contributed by atoms with E-state index < -0.39 is 0 Å². The highest BCUT2D eigenvalue weighted by atomic mass is 19.1. The zero-order valence-corrected chi connectivity index (χ0v) is 13.4. The second-order valence-electron chi connectivity index (χ2n) is 6.45. The molecule has 1 aliphatic heterocycles. The number of hydrogen-bond acceptors (Lipinski definition) is 1. The van der Waals surface area contributed by atoms with Crippen molar-refractivity contribution < 1.29 is 4.39 Å². The summed E-state index contributed by atoms with van der Waals surface area (Å²) >= 11 is 0. The first kappa shape index (κ1) is 15.2. The van der Waals surface area contributed by atoms with E-state index >= 15 is 0 Å². The fourth-order valence-corrected chi connectivity index (χ4v) is 3.79. The van der Waals surface area contributed by atoms with Gasteiger partial charge in [-0.3, -0.25) is 0 Å². The van der Waals surface area contributed by atoms with Crippen LogP contribution in [-0.4, -0.2) is 12.6 Å². The van der Waals surface area contributed by atoms with E-state index in [1.807, 2.05) is 6.07 Å². The molecule has 0 saturated carbocycles. The fraction of sp³-hybridized carbons (Fsp3) is 0.400. The van der Waals surface area contributed by atoms with Crippen molar-refractivity contribution in [1.29, 1.82) is 0 Å². The molecule has 1 N–H and O–H groups in total. The predicted octanol–water partition coefficient (Wildman–Crippen LogP) is 4.65. The maximum atomic E-state index is 13.8. The lowest BCUT2D eigenvalue weighted by Crippen LogP contribution is -2.33. The van der Waals surface area contributed by atoms with Crippen molar-refractivity contribution in [1.82, 2.24) is 5.32 Å². The number of nitrogens with one attached hydrogen (secondary N) is 1. The first-order valence-electron chi connectivity index (χ1n) is 8.21. The van der Waals surface area contributed by atoms with Crippen LogP contribution >= 0.6 is 0 Å². The van der Waals surface area contributed by atoms with Crippen LogP contribution in [0.25, 0.3) is 0 Å². The summed E-state index contributed by atoms with van der Waals surface area (Å²) in [5.41, 5.74) is 3.67. The van der Waals surface area contributed by atoms with Crippen LogP contribution in [-0.2, 0) is 0 Å². The highest BCUT2D eigenvalue weighted by molar-refractivity contribution is 5.38. The van der Waals surface area contributed by atoms with Crippen LogP contribution in [0.1, 0.15) is 42.4 Å². The molecule has 0 aliphatic carbocycles. The summed E-state index contributed by atoms with van der Waals surface area (Å²) in [7, 11) is 0. The third-order valence-electron chi connectivity index (χ3n) is 4.99. The standard InChI is InChI=1S/C20H24FN/c1-14-7-3-4-10-18(14)20(15(2)19-11-6-12-22-19)16-8-5-9-17(21)13-16/h3-5,7-10,13,15,19-20,22H,6,11-12H2,1-2H3/t15-,19+,20-/m0/s1. The fourth-order valence-electron chi connectivity index (χ4n) is 3.79. The van der Waals surface area contributed by atoms with Crippen molar-refractivity contribution in [2.24, 2.45) is 5.92 Å². The molecule has 0 radical (unpaired) electrons. The van der Waals surface area contributed by atoms with Crippen LogP contribution in [0.15, 0.2) is 48.5 Å². The molecule has 116 valence electrons. The van der Waals surface area contributed by atoms with Crippen LogP contribution in [0.5, 0.6) is 0 Å². The summed E-state index contributed by atoms with van der Waals surface area (Å²) < 4.78 is 13.8. The summed E-state index contributed by atoms with van der Waals surface area (Å²) in [5, 5.41) is 3.62. The van der Waals surface area contributed by atoms with E-state index in [1.54, 1.807) is 6.07 Å². The van der Waals surface area contributed by atoms with Crippen molar-refractivity contribution in [2.45, 2.75) is 38.6 Å². The molecule has 22 heavy (non-hydrogen) atoms. The molecular formula is C20H24FN. The average Bonchev–Trinajstić information content (AvgIpc) is 3.04. The first-order chi connectivity index (χ1) is 10.7. The summed E-state index contributed by atoms with van der Waals surface area (Å²) in [5.74, 6) is 0.514. The normalized spacial score (nSPS) is 20.8. The van der Waals surface area contributed by atoms with E-state index in [4.69, 9.17) is 0 Å². The molecule has 3 rings (SSSR count). The largest absolute Gasteiger partial charge is 0.314 e. The average molecular weight is 297 g/mol. The van der Waals surface area contributed by atoms with E-state index in [0.29, 0.717) is 12.0 Å². The highest BCUT2D eigenvalue weighted by Crippen LogP contribution is 2.37. The van der Waals surface area contributed by atoms with Gasteiger partial charge in [0, 0.05) is 12.0 Å². The number of benzene rings is 2. The van der Waals surface area contributed by atoms with E-state index in [2.05, 4.69) is 49.5 Å². The van der Waals surface area contributed by atoms with E-state index in [9.17, 15) is 4.39 Å². The van der Waals surface area contributed by atoms with Crippen LogP contribution < -0.4 is 5.32 Å². The Labute approximate surface area is 132 Å². The molecule has 0 spiro atoms. The smallest absolute Gasteiger partial charge is 0.123 e. The molecule has 0 aromatic heterocycles. The zero-order chi connectivity index (χ0) is 15.5. The lowest BCUT2D eigenvalue weighted by atomic mass is 9.76. The summed E-state index contributed by atoms with van der Waals surface area (Å²) in [4.78, 5) is 0. The van der Waals surface area contributed by atoms with Crippen LogP contribution in [0.2, 0.25) is 0 Å². The van der Waals surface area contributed by atoms with Crippen molar-refractivity contribution in [3.05, 3.63) is 71.0 Å². The van der Waals surface area contributed by atoms with Gasteiger partial charge < -0.3 is 5.32 Å². The number of aryl methyl sites for hydroxylation is 1. The SMILES string of the molecule is Cc1ccccc1[C@H](c1cccc(F)c1)[C@@H](C)[C@H]1CCCN1. The van der Waals surface area contributed by atoms with Crippen molar-refractivity contribution >= 4 is 0 Å². The lowest BCUT2D eigenvalue weighted by Gasteiger charge is -2.31. The number of hydrogen-bond donors (Lipinski definition) is 1. The topological polar surface area (TPSA) is 12.0 Å². The Morgan fingerprint density at radius 1 is 1.14 bits per heavy atom. The molecule has 1 saturated heterocycles. The second-order valence-corrected chi connectivity index (χ2v) is 6.45. The van der Waals surface area contributed by atoms with Crippen LogP contribution in [0.3, 0.4) is 0 Å². The first-order valence-corrected chi connectivity index (χ1v) is 8.21. The number of halogens is 1. The van der Waals surface area contributed by atoms with Gasteiger partial charge in [0.15, 0.2) is 0 Å². The third-order valence-corrected chi connectivity index (χ3v) is 4.99. The molecule has 1 fully saturated rings. The Hall–Kier alpha value is -1.67. The van der Waals surface area contributed by atoms with E-state index in [1.165, 1.54) is 30.0 Å². The van der Waals surface area contributed by atoms with E-state index in [-0.39, 0.29) is 11.7 Å². The highest BCUT2D eigenvalue weighted by Gasteiger charge is 2.30. The van der Waals surface area contributed by atoms with Gasteiger partial charge in [-0.25, -0.2) is 4.39 Å². The Balaban J connectivity index is 2.03. The Morgan fingerprint density at radius 3 is 2.64 bits per heavy atom. The molecule has 2 heteroatoms. The predicted molar refractivity (Wildman–Crippen MR) is 89.6 cm³/mol. The Bertz CT molecular complexity index is 631. The van der Waals surface area contributed by atoms with E-state index in [0.717, 1.165) is 12.1 Å². The van der Waals surface area contributed by atoms with Gasteiger partial charge in [-0.2, -0.15) is 0 Å². The maximum absolute atomic E-state index is 13.8. The molecule has 1 heterocycles. The molecule has 0 bridgehead atoms. The van der Waals surface area contributed by atoms with Gasteiger partial charge in [-0.15, -0.1) is 0 Å². The minimum atomic E-state index is -0.150. The van der Waals surface area contributed by atoms with Crippen LogP contribution in [0.4, 0.5) is 4.39 Å². The molecule has 1 nitrogen and oxygen atoms in total. The van der Waals surface area contributed by atoms with Gasteiger partial charge in [-0.05, 0) is 61.1 Å². The summed E-state index contributed by atoms with van der Waals surface area (Å²) in [6.45, 7) is 5.54. The van der Waals surface area contributed by atoms with Crippen molar-refractivity contribution in [3.8, 4) is 0 Å². The minimum absolute atomic E-state index is 0.150. The lowest BCUT2D eigenvalue weighted by molar-refractivity contribution is 0.380. The van der Waals surface area contributed by atoms with Gasteiger partial charge in [0.05, 0.1) is 0 Å². The third kappa shape index (κ3) is 3.07. The van der Waals surface area contributed by atoms with Crippen molar-refractivity contribution in [3.63, 3.8) is 0 Å². The summed E-state index contributed by atoms with van der Waals surface area (Å²) in [6.07, 6.45) is 2.44. The van der Waals surface area contributed by atoms with Crippen LogP contribution in [0, 0.1) is 18.7 Å². The quantitative estimate of drug-likeness (QED) is 0.866. The maximum Gasteiger partial charge on any atom is 0.123 e. The Kier molecular flexibility index (Phi) is 4.58. The zero-order valence-electron chi connectivity index (χ0n) is 13.4. The van der Waals surface area contributed by atoms with Gasteiger partial charge >= 0.3 is 0 Å². The molecule has 0 amide bonds. The minimum Gasteiger partial charge on any atom is -0.314 e. The monoisotopic (exact) mass is 297 g/mol. The van der Waals surface area contributed by atoms with Crippen molar-refractivity contribution in [2.75, 3.05) is 6.54 Å². The molecule has 1 aliphatic rings. The molecular weight excluding hydrogens is 273 g/mol. The molecule has 0 unspecified atom stereocenters. The van der Waals surface area contributed by atoms with Gasteiger partial charge in [0.25, 0.3) is 0 Å². The molecule has 3 atom stereocenters. The van der Waals surface area contributed by atoms with Gasteiger partial charge in [-0.1, -0.05) is 43.3 Å². The number of rotatable bonds is 4. The molecule has 2 aromatic rings. The summed E-state index contributed by atoms with van der Waals surface area (Å²) in [6, 6.07) is 16.1. The second kappa shape index (κ2) is 6.62. The van der Waals surface area contributed by atoms with Gasteiger partial charge in [0.1, 0.15) is 5.82 Å². The van der Waals surface area contributed by atoms with Gasteiger partial charge in [0.2, 0.25) is 0 Å². The molecule has 2 aromatic carbocycles. The Morgan fingerprint density at radius 2 is 1.95 bits per heavy atom.